The number of hydrogen-bond donors (Lipinski definition) is 2. The minimum atomic E-state index is -0.155. The molecule has 0 aromatic carbocycles. The Morgan fingerprint density at radius 3 is 1.94 bits per heavy atom. The summed E-state index contributed by atoms with van der Waals surface area (Å²) in [7, 11) is 0. The van der Waals surface area contributed by atoms with E-state index in [1.807, 2.05) is 0 Å². The van der Waals surface area contributed by atoms with E-state index in [0.717, 1.165) is 13.0 Å². The summed E-state index contributed by atoms with van der Waals surface area (Å²) in [6.45, 7) is 7.23. The number of aliphatic hydroxyl groups excluding tert-OH is 1. The van der Waals surface area contributed by atoms with Gasteiger partial charge in [0, 0.05) is 12.6 Å². The van der Waals surface area contributed by atoms with Crippen molar-refractivity contribution >= 4 is 0 Å². The fourth-order valence-electron chi connectivity index (χ4n) is 1.99. The van der Waals surface area contributed by atoms with Gasteiger partial charge in [-0.25, -0.2) is 0 Å². The van der Waals surface area contributed by atoms with Gasteiger partial charge in [-0.2, -0.15) is 0 Å². The van der Waals surface area contributed by atoms with Crippen molar-refractivity contribution in [2.45, 2.75) is 90.7 Å². The second-order valence-electron chi connectivity index (χ2n) is 5.48. The molecular weight excluding hydrogens is 210 g/mol. The standard InChI is InChI=1S/C15H33NO/c1-4-5-6-7-8-9-10-11-12-15(17)13-16-14(2)3/h14-17H,4-13H2,1-3H3. The van der Waals surface area contributed by atoms with Crippen molar-refractivity contribution in [3.8, 4) is 0 Å². The Labute approximate surface area is 108 Å². The van der Waals surface area contributed by atoms with Gasteiger partial charge in [0.25, 0.3) is 0 Å². The average molecular weight is 243 g/mol. The molecule has 0 aliphatic heterocycles. The molecule has 0 rings (SSSR count). The minimum absolute atomic E-state index is 0.155. The summed E-state index contributed by atoms with van der Waals surface area (Å²) in [4.78, 5) is 0. The lowest BCUT2D eigenvalue weighted by atomic mass is 10.1. The van der Waals surface area contributed by atoms with E-state index >= 15 is 0 Å². The van der Waals surface area contributed by atoms with Gasteiger partial charge in [-0.1, -0.05) is 72.1 Å². The monoisotopic (exact) mass is 243 g/mol. The summed E-state index contributed by atoms with van der Waals surface area (Å²) >= 11 is 0. The predicted octanol–water partition coefficient (Wildman–Crippen LogP) is 3.88. The van der Waals surface area contributed by atoms with E-state index in [1.165, 1.54) is 51.4 Å². The van der Waals surface area contributed by atoms with Crippen LogP contribution in [0.3, 0.4) is 0 Å². The van der Waals surface area contributed by atoms with Crippen LogP contribution in [-0.2, 0) is 0 Å². The molecule has 104 valence electrons. The van der Waals surface area contributed by atoms with Gasteiger partial charge in [0.05, 0.1) is 6.10 Å². The summed E-state index contributed by atoms with van der Waals surface area (Å²) in [5.41, 5.74) is 0. The van der Waals surface area contributed by atoms with Crippen LogP contribution in [0.15, 0.2) is 0 Å². The van der Waals surface area contributed by atoms with E-state index in [0.29, 0.717) is 6.04 Å². The summed E-state index contributed by atoms with van der Waals surface area (Å²) in [5, 5.41) is 13.0. The summed E-state index contributed by atoms with van der Waals surface area (Å²) < 4.78 is 0. The van der Waals surface area contributed by atoms with Gasteiger partial charge in [-0.05, 0) is 6.42 Å². The maximum Gasteiger partial charge on any atom is 0.0664 e. The van der Waals surface area contributed by atoms with Crippen LogP contribution in [0.25, 0.3) is 0 Å². The Morgan fingerprint density at radius 1 is 0.882 bits per heavy atom. The SMILES string of the molecule is CCCCCCCCCCC(O)CNC(C)C. The highest BCUT2D eigenvalue weighted by molar-refractivity contribution is 4.62. The molecule has 2 nitrogen and oxygen atoms in total. The van der Waals surface area contributed by atoms with Crippen molar-refractivity contribution in [1.29, 1.82) is 0 Å². The highest BCUT2D eigenvalue weighted by atomic mass is 16.3. The lowest BCUT2D eigenvalue weighted by Gasteiger charge is -2.13. The molecule has 0 radical (unpaired) electrons. The van der Waals surface area contributed by atoms with E-state index in [2.05, 4.69) is 26.1 Å². The highest BCUT2D eigenvalue weighted by Gasteiger charge is 2.03. The minimum Gasteiger partial charge on any atom is -0.392 e. The number of rotatable bonds is 12. The molecule has 0 saturated carbocycles. The van der Waals surface area contributed by atoms with E-state index in [-0.39, 0.29) is 6.10 Å². The van der Waals surface area contributed by atoms with Crippen molar-refractivity contribution in [2.75, 3.05) is 6.54 Å². The molecule has 0 aliphatic carbocycles. The first-order valence-corrected chi connectivity index (χ1v) is 7.58. The maximum atomic E-state index is 9.71. The number of unbranched alkanes of at least 4 members (excludes halogenated alkanes) is 7. The second-order valence-corrected chi connectivity index (χ2v) is 5.48. The van der Waals surface area contributed by atoms with Gasteiger partial charge >= 0.3 is 0 Å². The van der Waals surface area contributed by atoms with Crippen LogP contribution < -0.4 is 5.32 Å². The molecule has 0 aliphatic rings. The van der Waals surface area contributed by atoms with Crippen molar-refractivity contribution in [3.63, 3.8) is 0 Å². The molecule has 0 saturated heterocycles. The second kappa shape index (κ2) is 12.4. The molecule has 0 fully saturated rings. The van der Waals surface area contributed by atoms with Crippen LogP contribution in [0.5, 0.6) is 0 Å². The molecule has 17 heavy (non-hydrogen) atoms. The third-order valence-corrected chi connectivity index (χ3v) is 3.15. The number of nitrogens with one attached hydrogen (secondary N) is 1. The van der Waals surface area contributed by atoms with Crippen LogP contribution in [-0.4, -0.2) is 23.8 Å². The quantitative estimate of drug-likeness (QED) is 0.510. The van der Waals surface area contributed by atoms with Gasteiger partial charge < -0.3 is 10.4 Å². The first-order chi connectivity index (χ1) is 8.16. The van der Waals surface area contributed by atoms with E-state index in [4.69, 9.17) is 0 Å². The topological polar surface area (TPSA) is 32.3 Å². The molecule has 0 aromatic rings. The lowest BCUT2D eigenvalue weighted by molar-refractivity contribution is 0.155. The summed E-state index contributed by atoms with van der Waals surface area (Å²) in [6, 6.07) is 0.475. The molecule has 2 heteroatoms. The number of aliphatic hydroxyl groups is 1. The maximum absolute atomic E-state index is 9.71. The van der Waals surface area contributed by atoms with Gasteiger partial charge in [0.2, 0.25) is 0 Å². The van der Waals surface area contributed by atoms with Crippen LogP contribution in [0.1, 0.15) is 78.6 Å². The Hall–Kier alpha value is -0.0800. The van der Waals surface area contributed by atoms with Gasteiger partial charge in [-0.15, -0.1) is 0 Å². The zero-order chi connectivity index (χ0) is 12.9. The third-order valence-electron chi connectivity index (χ3n) is 3.15. The molecule has 1 atom stereocenters. The molecule has 1 unspecified atom stereocenters. The Balaban J connectivity index is 3.11. The van der Waals surface area contributed by atoms with Crippen LogP contribution in [0, 0.1) is 0 Å². The molecule has 0 spiro atoms. The van der Waals surface area contributed by atoms with E-state index in [9.17, 15) is 5.11 Å². The zero-order valence-corrected chi connectivity index (χ0v) is 12.2. The third kappa shape index (κ3) is 13.9. The average Bonchev–Trinajstić information content (AvgIpc) is 2.30. The first-order valence-electron chi connectivity index (χ1n) is 7.58. The van der Waals surface area contributed by atoms with Crippen molar-refractivity contribution < 1.29 is 5.11 Å². The molecule has 0 aromatic heterocycles. The fourth-order valence-corrected chi connectivity index (χ4v) is 1.99. The van der Waals surface area contributed by atoms with Gasteiger partial charge in [-0.3, -0.25) is 0 Å². The van der Waals surface area contributed by atoms with Crippen LogP contribution in [0.4, 0.5) is 0 Å². The molecule has 0 heterocycles. The Morgan fingerprint density at radius 2 is 1.41 bits per heavy atom. The molecule has 0 bridgehead atoms. The Bertz CT molecular complexity index is 148. The van der Waals surface area contributed by atoms with Crippen molar-refractivity contribution in [1.82, 2.24) is 5.32 Å². The summed E-state index contributed by atoms with van der Waals surface area (Å²) in [6.07, 6.45) is 11.5. The highest BCUT2D eigenvalue weighted by Crippen LogP contribution is 2.10. The van der Waals surface area contributed by atoms with E-state index < -0.39 is 0 Å². The fraction of sp³-hybridized carbons (Fsp3) is 1.00. The van der Waals surface area contributed by atoms with Crippen molar-refractivity contribution in [2.24, 2.45) is 0 Å². The smallest absolute Gasteiger partial charge is 0.0664 e. The lowest BCUT2D eigenvalue weighted by Crippen LogP contribution is -2.31. The summed E-state index contributed by atoms with van der Waals surface area (Å²) in [5.74, 6) is 0. The number of hydrogen-bond acceptors (Lipinski definition) is 2. The van der Waals surface area contributed by atoms with Gasteiger partial charge in [0.1, 0.15) is 0 Å². The predicted molar refractivity (Wildman–Crippen MR) is 76.4 cm³/mol. The zero-order valence-electron chi connectivity index (χ0n) is 12.2. The molecular formula is C15H33NO. The Kier molecular flexibility index (Phi) is 12.3. The first kappa shape index (κ1) is 16.9. The normalized spacial score (nSPS) is 13.2. The largest absolute Gasteiger partial charge is 0.392 e. The van der Waals surface area contributed by atoms with Crippen LogP contribution in [0.2, 0.25) is 0 Å². The molecule has 0 amide bonds. The van der Waals surface area contributed by atoms with Crippen molar-refractivity contribution in [3.05, 3.63) is 0 Å². The van der Waals surface area contributed by atoms with Gasteiger partial charge in [0.15, 0.2) is 0 Å². The van der Waals surface area contributed by atoms with Crippen LogP contribution >= 0.6 is 0 Å². The van der Waals surface area contributed by atoms with E-state index in [1.54, 1.807) is 0 Å². The molecule has 2 N–H and O–H groups in total.